The normalized spacial score (nSPS) is 20.1. The Bertz CT molecular complexity index is 497. The number of hydrazone groups is 1. The molecule has 1 amide bonds. The monoisotopic (exact) mass is 274 g/mol. The Morgan fingerprint density at radius 1 is 1.45 bits per heavy atom. The molecule has 1 aliphatic rings. The average Bonchev–Trinajstić information content (AvgIpc) is 2.91. The van der Waals surface area contributed by atoms with Crippen molar-refractivity contribution in [1.82, 2.24) is 5.43 Å². The number of benzene rings is 1. The standard InChI is InChI=1S/C16H22N2O2/c1-3-13-8-6-9-14(13)17-18-16(19)11-20-15-10-5-4-7-12(15)2/h4-5,7,10,13H,3,6,8-9,11H2,1-2H3,(H,18,19)/b17-14+. The van der Waals surface area contributed by atoms with Gasteiger partial charge in [-0.05, 0) is 50.2 Å². The first-order valence-corrected chi connectivity index (χ1v) is 7.24. The zero-order chi connectivity index (χ0) is 14.4. The van der Waals surface area contributed by atoms with Crippen molar-refractivity contribution in [1.29, 1.82) is 0 Å². The molecule has 1 aromatic rings. The van der Waals surface area contributed by atoms with Gasteiger partial charge in [-0.15, -0.1) is 0 Å². The third kappa shape index (κ3) is 3.83. The number of nitrogens with zero attached hydrogens (tertiary/aromatic N) is 1. The number of rotatable bonds is 5. The van der Waals surface area contributed by atoms with E-state index in [1.807, 2.05) is 31.2 Å². The molecule has 4 nitrogen and oxygen atoms in total. The van der Waals surface area contributed by atoms with Crippen molar-refractivity contribution < 1.29 is 9.53 Å². The molecular weight excluding hydrogens is 252 g/mol. The minimum atomic E-state index is -0.206. The third-order valence-electron chi connectivity index (χ3n) is 3.73. The van der Waals surface area contributed by atoms with Crippen LogP contribution < -0.4 is 10.2 Å². The van der Waals surface area contributed by atoms with Crippen molar-refractivity contribution >= 4 is 11.6 Å². The summed E-state index contributed by atoms with van der Waals surface area (Å²) in [5, 5.41) is 4.25. The molecular formula is C16H22N2O2. The summed E-state index contributed by atoms with van der Waals surface area (Å²) in [6, 6.07) is 7.65. The van der Waals surface area contributed by atoms with Crippen molar-refractivity contribution in [3.05, 3.63) is 29.8 Å². The fourth-order valence-corrected chi connectivity index (χ4v) is 2.52. The summed E-state index contributed by atoms with van der Waals surface area (Å²) in [6.45, 7) is 4.12. The Morgan fingerprint density at radius 2 is 2.25 bits per heavy atom. The molecule has 0 bridgehead atoms. The topological polar surface area (TPSA) is 50.7 Å². The molecule has 1 aromatic carbocycles. The van der Waals surface area contributed by atoms with E-state index in [2.05, 4.69) is 17.5 Å². The second-order valence-electron chi connectivity index (χ2n) is 5.19. The lowest BCUT2D eigenvalue weighted by Gasteiger charge is -2.09. The number of carbonyl (C=O) groups is 1. The molecule has 1 aliphatic carbocycles. The first-order chi connectivity index (χ1) is 9.70. The zero-order valence-corrected chi connectivity index (χ0v) is 12.2. The van der Waals surface area contributed by atoms with E-state index in [-0.39, 0.29) is 12.5 Å². The van der Waals surface area contributed by atoms with E-state index >= 15 is 0 Å². The number of nitrogens with one attached hydrogen (secondary N) is 1. The van der Waals surface area contributed by atoms with E-state index in [9.17, 15) is 4.79 Å². The number of para-hydroxylation sites is 1. The van der Waals surface area contributed by atoms with Crippen molar-refractivity contribution in [2.45, 2.75) is 39.5 Å². The van der Waals surface area contributed by atoms with Crippen LogP contribution in [0.3, 0.4) is 0 Å². The molecule has 1 unspecified atom stereocenters. The fraction of sp³-hybridized carbons (Fsp3) is 0.500. The summed E-state index contributed by atoms with van der Waals surface area (Å²) in [5.74, 6) is 1.07. The predicted octanol–water partition coefficient (Wildman–Crippen LogP) is 3.06. The Kier molecular flexibility index (Phi) is 5.16. The van der Waals surface area contributed by atoms with Gasteiger partial charge in [0.1, 0.15) is 5.75 Å². The second-order valence-corrected chi connectivity index (χ2v) is 5.19. The molecule has 0 saturated heterocycles. The van der Waals surface area contributed by atoms with Gasteiger partial charge in [0.15, 0.2) is 6.61 Å². The van der Waals surface area contributed by atoms with Crippen LogP contribution in [0.1, 0.15) is 38.2 Å². The highest BCUT2D eigenvalue weighted by Crippen LogP contribution is 2.24. The molecule has 0 heterocycles. The van der Waals surface area contributed by atoms with Crippen LogP contribution in [0.2, 0.25) is 0 Å². The highest BCUT2D eigenvalue weighted by atomic mass is 16.5. The Labute approximate surface area is 120 Å². The summed E-state index contributed by atoms with van der Waals surface area (Å²) < 4.78 is 5.49. The van der Waals surface area contributed by atoms with Gasteiger partial charge in [-0.25, -0.2) is 5.43 Å². The maximum atomic E-state index is 11.7. The Hall–Kier alpha value is -1.84. The van der Waals surface area contributed by atoms with Gasteiger partial charge in [-0.3, -0.25) is 4.79 Å². The largest absolute Gasteiger partial charge is 0.483 e. The minimum absolute atomic E-state index is 0.00156. The van der Waals surface area contributed by atoms with Gasteiger partial charge >= 0.3 is 0 Å². The number of ether oxygens (including phenoxy) is 1. The molecule has 4 heteroatoms. The molecule has 0 spiro atoms. The van der Waals surface area contributed by atoms with Crippen molar-refractivity contribution in [2.24, 2.45) is 11.0 Å². The van der Waals surface area contributed by atoms with E-state index in [1.165, 1.54) is 12.8 Å². The maximum absolute atomic E-state index is 11.7. The van der Waals surface area contributed by atoms with Crippen molar-refractivity contribution in [3.8, 4) is 5.75 Å². The number of amides is 1. The average molecular weight is 274 g/mol. The van der Waals surface area contributed by atoms with Crippen LogP contribution in [0.15, 0.2) is 29.4 Å². The minimum Gasteiger partial charge on any atom is -0.483 e. The predicted molar refractivity (Wildman–Crippen MR) is 79.9 cm³/mol. The number of carbonyl (C=O) groups excluding carboxylic acids is 1. The summed E-state index contributed by atoms with van der Waals surface area (Å²) in [4.78, 5) is 11.7. The van der Waals surface area contributed by atoms with Gasteiger partial charge in [0.25, 0.3) is 5.91 Å². The quantitative estimate of drug-likeness (QED) is 0.839. The summed E-state index contributed by atoms with van der Waals surface area (Å²) in [6.07, 6.45) is 4.45. The third-order valence-corrected chi connectivity index (χ3v) is 3.73. The van der Waals surface area contributed by atoms with E-state index < -0.39 is 0 Å². The van der Waals surface area contributed by atoms with Gasteiger partial charge < -0.3 is 4.74 Å². The van der Waals surface area contributed by atoms with Crippen LogP contribution >= 0.6 is 0 Å². The lowest BCUT2D eigenvalue weighted by atomic mass is 10.0. The van der Waals surface area contributed by atoms with E-state index in [1.54, 1.807) is 0 Å². The number of aryl methyl sites for hydroxylation is 1. The maximum Gasteiger partial charge on any atom is 0.277 e. The van der Waals surface area contributed by atoms with Gasteiger partial charge in [0.05, 0.1) is 0 Å². The fourth-order valence-electron chi connectivity index (χ4n) is 2.52. The van der Waals surface area contributed by atoms with E-state index in [0.717, 1.165) is 29.9 Å². The van der Waals surface area contributed by atoms with Gasteiger partial charge in [0.2, 0.25) is 0 Å². The molecule has 1 atom stereocenters. The lowest BCUT2D eigenvalue weighted by molar-refractivity contribution is -0.123. The number of hydrogen-bond acceptors (Lipinski definition) is 3. The molecule has 2 rings (SSSR count). The van der Waals surface area contributed by atoms with Crippen LogP contribution in [-0.4, -0.2) is 18.2 Å². The molecule has 108 valence electrons. The SMILES string of the molecule is CCC1CCC/C1=N\NC(=O)COc1ccccc1C. The smallest absolute Gasteiger partial charge is 0.277 e. The molecule has 1 saturated carbocycles. The van der Waals surface area contributed by atoms with Crippen LogP contribution in [0, 0.1) is 12.8 Å². The van der Waals surface area contributed by atoms with Crippen LogP contribution in [-0.2, 0) is 4.79 Å². The molecule has 0 aromatic heterocycles. The van der Waals surface area contributed by atoms with Crippen LogP contribution in [0.4, 0.5) is 0 Å². The van der Waals surface area contributed by atoms with Gasteiger partial charge in [0, 0.05) is 5.71 Å². The highest BCUT2D eigenvalue weighted by Gasteiger charge is 2.20. The Balaban J connectivity index is 1.81. The zero-order valence-electron chi connectivity index (χ0n) is 12.2. The number of hydrogen-bond donors (Lipinski definition) is 1. The molecule has 0 radical (unpaired) electrons. The Morgan fingerprint density at radius 3 is 3.00 bits per heavy atom. The molecule has 20 heavy (non-hydrogen) atoms. The second kappa shape index (κ2) is 7.08. The lowest BCUT2D eigenvalue weighted by Crippen LogP contribution is -2.26. The van der Waals surface area contributed by atoms with Crippen LogP contribution in [0.25, 0.3) is 0 Å². The first kappa shape index (κ1) is 14.6. The summed E-state index contributed by atoms with van der Waals surface area (Å²) in [7, 11) is 0. The van der Waals surface area contributed by atoms with Gasteiger partial charge in [-0.1, -0.05) is 25.1 Å². The molecule has 1 N–H and O–H groups in total. The van der Waals surface area contributed by atoms with Crippen LogP contribution in [0.5, 0.6) is 5.75 Å². The molecule has 0 aliphatic heterocycles. The van der Waals surface area contributed by atoms with Gasteiger partial charge in [-0.2, -0.15) is 5.10 Å². The van der Waals surface area contributed by atoms with E-state index in [0.29, 0.717) is 5.92 Å². The van der Waals surface area contributed by atoms with E-state index in [4.69, 9.17) is 4.74 Å². The van der Waals surface area contributed by atoms with Crippen molar-refractivity contribution in [3.63, 3.8) is 0 Å². The van der Waals surface area contributed by atoms with Crippen molar-refractivity contribution in [2.75, 3.05) is 6.61 Å². The highest BCUT2D eigenvalue weighted by molar-refractivity contribution is 5.89. The summed E-state index contributed by atoms with van der Waals surface area (Å²) in [5.41, 5.74) is 4.75. The first-order valence-electron chi connectivity index (χ1n) is 7.24. The molecule has 1 fully saturated rings. The summed E-state index contributed by atoms with van der Waals surface area (Å²) >= 11 is 0.